The first-order valence-corrected chi connectivity index (χ1v) is 9.89. The van der Waals surface area contributed by atoms with Crippen molar-refractivity contribution in [2.45, 2.75) is 26.8 Å². The monoisotopic (exact) mass is 412 g/mol. The van der Waals surface area contributed by atoms with Crippen LogP contribution >= 0.6 is 0 Å². The van der Waals surface area contributed by atoms with Crippen molar-refractivity contribution in [1.82, 2.24) is 4.90 Å². The van der Waals surface area contributed by atoms with Gasteiger partial charge in [-0.15, -0.1) is 0 Å². The number of hydrogen-bond donors (Lipinski definition) is 1. The highest BCUT2D eigenvalue weighted by Crippen LogP contribution is 2.38. The summed E-state index contributed by atoms with van der Waals surface area (Å²) in [6.45, 7) is 5.10. The first-order chi connectivity index (χ1) is 14.4. The molecular formula is C23H28N2O5. The van der Waals surface area contributed by atoms with Gasteiger partial charge in [-0.3, -0.25) is 9.59 Å². The quantitative estimate of drug-likeness (QED) is 0.786. The maximum Gasteiger partial charge on any atom is 0.255 e. The fourth-order valence-electron chi connectivity index (χ4n) is 3.60. The number of fused-ring (bicyclic) bond motifs is 1. The largest absolute Gasteiger partial charge is 0.493 e. The lowest BCUT2D eigenvalue weighted by atomic mass is 9.98. The van der Waals surface area contributed by atoms with E-state index in [9.17, 15) is 9.59 Å². The minimum absolute atomic E-state index is 0.0329. The maximum absolute atomic E-state index is 12.9. The van der Waals surface area contributed by atoms with Gasteiger partial charge in [0.25, 0.3) is 5.91 Å². The second-order valence-electron chi connectivity index (χ2n) is 7.52. The lowest BCUT2D eigenvalue weighted by Crippen LogP contribution is -2.38. The third kappa shape index (κ3) is 4.35. The molecule has 2 aromatic carbocycles. The van der Waals surface area contributed by atoms with Gasteiger partial charge in [0.15, 0.2) is 11.5 Å². The summed E-state index contributed by atoms with van der Waals surface area (Å²) in [5.74, 6) is 1.08. The lowest BCUT2D eigenvalue weighted by Gasteiger charge is -2.30. The Balaban J connectivity index is 1.82. The molecule has 7 heteroatoms. The molecule has 1 N–H and O–H groups in total. The molecule has 0 saturated carbocycles. The Labute approximate surface area is 176 Å². The summed E-state index contributed by atoms with van der Waals surface area (Å²) >= 11 is 0. The van der Waals surface area contributed by atoms with Crippen LogP contribution in [-0.4, -0.2) is 44.6 Å². The number of benzene rings is 2. The van der Waals surface area contributed by atoms with E-state index in [-0.39, 0.29) is 17.7 Å². The van der Waals surface area contributed by atoms with Gasteiger partial charge in [-0.1, -0.05) is 19.9 Å². The van der Waals surface area contributed by atoms with Gasteiger partial charge in [0.1, 0.15) is 0 Å². The molecule has 0 saturated heterocycles. The van der Waals surface area contributed by atoms with Gasteiger partial charge < -0.3 is 24.4 Å². The molecule has 0 aromatic heterocycles. The molecule has 1 aliphatic heterocycles. The molecule has 1 aliphatic rings. The van der Waals surface area contributed by atoms with Crippen LogP contribution in [0.4, 0.5) is 5.69 Å². The number of methoxy groups -OCH3 is 3. The highest BCUT2D eigenvalue weighted by Gasteiger charge is 2.23. The van der Waals surface area contributed by atoms with Crippen molar-refractivity contribution in [2.75, 3.05) is 33.2 Å². The fraction of sp³-hybridized carbons (Fsp3) is 0.391. The molecule has 0 fully saturated rings. The van der Waals surface area contributed by atoms with Crippen molar-refractivity contribution in [3.8, 4) is 17.2 Å². The number of amides is 2. The molecule has 0 spiro atoms. The predicted octanol–water partition coefficient (Wildman–Crippen LogP) is 3.51. The zero-order valence-electron chi connectivity index (χ0n) is 18.1. The van der Waals surface area contributed by atoms with E-state index in [2.05, 4.69) is 5.32 Å². The van der Waals surface area contributed by atoms with Gasteiger partial charge >= 0.3 is 0 Å². The van der Waals surface area contributed by atoms with Crippen LogP contribution in [0.1, 0.15) is 35.3 Å². The van der Waals surface area contributed by atoms with Gasteiger partial charge in [-0.05, 0) is 41.8 Å². The third-order valence-electron chi connectivity index (χ3n) is 5.21. The van der Waals surface area contributed by atoms with Crippen molar-refractivity contribution in [2.24, 2.45) is 5.92 Å². The highest BCUT2D eigenvalue weighted by molar-refractivity contribution is 6.05. The number of nitrogens with one attached hydrogen (secondary N) is 1. The van der Waals surface area contributed by atoms with E-state index in [0.717, 1.165) is 18.5 Å². The lowest BCUT2D eigenvalue weighted by molar-refractivity contribution is -0.135. The van der Waals surface area contributed by atoms with Crippen LogP contribution in [0.2, 0.25) is 0 Å². The van der Waals surface area contributed by atoms with E-state index in [0.29, 0.717) is 35.0 Å². The summed E-state index contributed by atoms with van der Waals surface area (Å²) in [7, 11) is 4.53. The average molecular weight is 412 g/mol. The Kier molecular flexibility index (Phi) is 6.50. The van der Waals surface area contributed by atoms with Gasteiger partial charge in [0.2, 0.25) is 11.7 Å². The molecule has 0 aliphatic carbocycles. The summed E-state index contributed by atoms with van der Waals surface area (Å²) in [4.78, 5) is 27.1. The zero-order chi connectivity index (χ0) is 21.8. The maximum atomic E-state index is 12.9. The number of ether oxygens (including phenoxy) is 3. The van der Waals surface area contributed by atoms with Gasteiger partial charge in [-0.25, -0.2) is 0 Å². The number of hydrogen-bond acceptors (Lipinski definition) is 5. The number of carbonyl (C=O) groups is 2. The highest BCUT2D eigenvalue weighted by atomic mass is 16.5. The molecule has 2 amide bonds. The Bertz CT molecular complexity index is 930. The van der Waals surface area contributed by atoms with Crippen LogP contribution in [0.3, 0.4) is 0 Å². The molecular weight excluding hydrogens is 384 g/mol. The molecule has 7 nitrogen and oxygen atoms in total. The molecule has 2 aromatic rings. The Hall–Kier alpha value is -3.22. The van der Waals surface area contributed by atoms with Crippen LogP contribution in [0.25, 0.3) is 0 Å². The molecule has 0 atom stereocenters. The molecule has 0 unspecified atom stereocenters. The minimum Gasteiger partial charge on any atom is -0.493 e. The van der Waals surface area contributed by atoms with Crippen molar-refractivity contribution in [3.05, 3.63) is 47.0 Å². The van der Waals surface area contributed by atoms with E-state index in [1.54, 1.807) is 12.1 Å². The van der Waals surface area contributed by atoms with Crippen LogP contribution in [0.15, 0.2) is 30.3 Å². The summed E-state index contributed by atoms with van der Waals surface area (Å²) in [6, 6.07) is 9.05. The summed E-state index contributed by atoms with van der Waals surface area (Å²) in [5, 5.41) is 2.92. The van der Waals surface area contributed by atoms with Gasteiger partial charge in [-0.2, -0.15) is 0 Å². The van der Waals surface area contributed by atoms with Gasteiger partial charge in [0.05, 0.1) is 21.3 Å². The van der Waals surface area contributed by atoms with Crippen LogP contribution in [0.5, 0.6) is 17.2 Å². The normalized spacial score (nSPS) is 12.9. The van der Waals surface area contributed by atoms with E-state index in [1.165, 1.54) is 26.9 Å². The van der Waals surface area contributed by atoms with Crippen molar-refractivity contribution < 1.29 is 23.8 Å². The van der Waals surface area contributed by atoms with Crippen LogP contribution in [0, 0.1) is 5.92 Å². The van der Waals surface area contributed by atoms with E-state index >= 15 is 0 Å². The summed E-state index contributed by atoms with van der Waals surface area (Å²) in [5.41, 5.74) is 3.32. The number of nitrogens with zero attached hydrogens (tertiary/aromatic N) is 1. The molecule has 0 radical (unpaired) electrons. The number of carbonyl (C=O) groups excluding carboxylic acids is 2. The Morgan fingerprint density at radius 3 is 2.20 bits per heavy atom. The van der Waals surface area contributed by atoms with Crippen molar-refractivity contribution in [1.29, 1.82) is 0 Å². The molecule has 160 valence electrons. The fourth-order valence-corrected chi connectivity index (χ4v) is 3.60. The Morgan fingerprint density at radius 1 is 0.967 bits per heavy atom. The zero-order valence-corrected chi connectivity index (χ0v) is 18.1. The molecule has 3 rings (SSSR count). The topological polar surface area (TPSA) is 77.1 Å². The number of anilines is 1. The second kappa shape index (κ2) is 9.07. The van der Waals surface area contributed by atoms with Crippen molar-refractivity contribution in [3.63, 3.8) is 0 Å². The number of rotatable bonds is 6. The van der Waals surface area contributed by atoms with Crippen molar-refractivity contribution >= 4 is 17.5 Å². The summed E-state index contributed by atoms with van der Waals surface area (Å²) < 4.78 is 16.0. The SMILES string of the molecule is COc1cc(C(=O)Nc2ccc3c(c2)CN(C(=O)C(C)C)CC3)cc(OC)c1OC. The van der Waals surface area contributed by atoms with Gasteiger partial charge in [0, 0.05) is 30.3 Å². The predicted molar refractivity (Wildman–Crippen MR) is 114 cm³/mol. The van der Waals surface area contributed by atoms with E-state index in [4.69, 9.17) is 14.2 Å². The first-order valence-electron chi connectivity index (χ1n) is 9.89. The van der Waals surface area contributed by atoms with Crippen LogP contribution in [-0.2, 0) is 17.8 Å². The van der Waals surface area contributed by atoms with E-state index in [1.807, 2.05) is 36.9 Å². The standard InChI is InChI=1S/C23H28N2O5/c1-14(2)23(27)25-9-8-15-6-7-18(10-17(15)13-25)24-22(26)16-11-19(28-3)21(30-5)20(12-16)29-4/h6-7,10-12,14H,8-9,13H2,1-5H3,(H,24,26). The average Bonchev–Trinajstić information content (AvgIpc) is 2.76. The Morgan fingerprint density at radius 2 is 1.63 bits per heavy atom. The third-order valence-corrected chi connectivity index (χ3v) is 5.21. The molecule has 0 bridgehead atoms. The summed E-state index contributed by atoms with van der Waals surface area (Å²) in [6.07, 6.45) is 0.814. The smallest absolute Gasteiger partial charge is 0.255 e. The minimum atomic E-state index is -0.292. The molecule has 1 heterocycles. The van der Waals surface area contributed by atoms with Crippen LogP contribution < -0.4 is 19.5 Å². The van der Waals surface area contributed by atoms with E-state index < -0.39 is 0 Å². The first kappa shape index (κ1) is 21.5. The molecule has 30 heavy (non-hydrogen) atoms. The second-order valence-corrected chi connectivity index (χ2v) is 7.52.